The highest BCUT2D eigenvalue weighted by Crippen LogP contribution is 2.22. The Morgan fingerprint density at radius 1 is 1.23 bits per heavy atom. The van der Waals surface area contributed by atoms with Crippen molar-refractivity contribution in [1.82, 2.24) is 9.78 Å². The van der Waals surface area contributed by atoms with Crippen LogP contribution in [0.4, 0.5) is 15.8 Å². The van der Waals surface area contributed by atoms with E-state index in [2.05, 4.69) is 10.4 Å². The lowest BCUT2D eigenvalue weighted by Gasteiger charge is -2.15. The fourth-order valence-electron chi connectivity index (χ4n) is 2.67. The van der Waals surface area contributed by atoms with E-state index in [0.717, 1.165) is 16.8 Å². The number of carbonyl (C=O) groups excluding carboxylic acids is 1. The lowest BCUT2D eigenvalue weighted by Crippen LogP contribution is -2.33. The number of nitrogens with zero attached hydrogens (tertiary/aromatic N) is 4. The van der Waals surface area contributed by atoms with E-state index < -0.39 is 28.2 Å². The maximum atomic E-state index is 13.1. The number of hydrogen-bond donors (Lipinski definition) is 1. The summed E-state index contributed by atoms with van der Waals surface area (Å²) in [5, 5.41) is 26.7. The van der Waals surface area contributed by atoms with Crippen LogP contribution in [-0.4, -0.2) is 20.6 Å². The van der Waals surface area contributed by atoms with Crippen molar-refractivity contribution < 1.29 is 14.1 Å². The van der Waals surface area contributed by atoms with Gasteiger partial charge >= 0.3 is 0 Å². The molecule has 1 unspecified atom stereocenters. The van der Waals surface area contributed by atoms with Crippen LogP contribution in [0, 0.1) is 27.3 Å². The van der Waals surface area contributed by atoms with Crippen molar-refractivity contribution in [2.75, 3.05) is 5.32 Å². The monoisotopic (exact) mass is 407 g/mol. The molecule has 0 spiro atoms. The molecule has 1 amide bonds. The van der Waals surface area contributed by atoms with Crippen molar-refractivity contribution in [3.63, 3.8) is 0 Å². The third-order valence-electron chi connectivity index (χ3n) is 4.30. The van der Waals surface area contributed by atoms with Gasteiger partial charge in [0.2, 0.25) is 5.91 Å². The van der Waals surface area contributed by atoms with Crippen molar-refractivity contribution in [3.05, 3.63) is 86.4 Å². The second kappa shape index (κ2) is 8.32. The van der Waals surface area contributed by atoms with Crippen LogP contribution >= 0.6 is 0 Å². The molecule has 0 aliphatic heterocycles. The Hall–Kier alpha value is -4.39. The number of anilines is 1. The Kier molecular flexibility index (Phi) is 5.64. The van der Waals surface area contributed by atoms with E-state index in [1.54, 1.807) is 6.07 Å². The van der Waals surface area contributed by atoms with Gasteiger partial charge in [-0.25, -0.2) is 9.07 Å². The molecule has 1 atom stereocenters. The van der Waals surface area contributed by atoms with E-state index in [0.29, 0.717) is 11.3 Å². The average Bonchev–Trinajstić information content (AvgIpc) is 2.74. The Labute approximate surface area is 169 Å². The number of benzene rings is 2. The molecule has 9 nitrogen and oxygen atoms in total. The fourth-order valence-corrected chi connectivity index (χ4v) is 2.67. The summed E-state index contributed by atoms with van der Waals surface area (Å²) in [5.74, 6) is -1.07. The first kappa shape index (κ1) is 20.3. The summed E-state index contributed by atoms with van der Waals surface area (Å²) >= 11 is 0. The molecule has 3 aromatic rings. The van der Waals surface area contributed by atoms with Gasteiger partial charge in [0, 0.05) is 23.8 Å². The fraction of sp³-hybridized carbons (Fsp3) is 0.100. The molecule has 0 aliphatic carbocycles. The minimum Gasteiger partial charge on any atom is -0.323 e. The molecule has 3 rings (SSSR count). The normalized spacial score (nSPS) is 11.4. The number of nitriles is 1. The number of aromatic nitrogens is 2. The zero-order valence-electron chi connectivity index (χ0n) is 15.6. The molecule has 30 heavy (non-hydrogen) atoms. The van der Waals surface area contributed by atoms with Crippen LogP contribution in [-0.2, 0) is 4.79 Å². The van der Waals surface area contributed by atoms with E-state index >= 15 is 0 Å². The maximum absolute atomic E-state index is 13.1. The zero-order valence-corrected chi connectivity index (χ0v) is 15.6. The molecular formula is C20H14FN5O4. The number of amides is 1. The van der Waals surface area contributed by atoms with E-state index in [1.165, 1.54) is 49.4 Å². The Morgan fingerprint density at radius 3 is 2.57 bits per heavy atom. The highest BCUT2D eigenvalue weighted by Gasteiger charge is 2.20. The van der Waals surface area contributed by atoms with Crippen LogP contribution < -0.4 is 10.9 Å². The molecule has 1 heterocycles. The summed E-state index contributed by atoms with van der Waals surface area (Å²) in [6.45, 7) is 1.44. The van der Waals surface area contributed by atoms with Crippen molar-refractivity contribution in [1.29, 1.82) is 5.26 Å². The third-order valence-corrected chi connectivity index (χ3v) is 4.30. The lowest BCUT2D eigenvalue weighted by atomic mass is 10.1. The predicted octanol–water partition coefficient (Wildman–Crippen LogP) is 3.03. The average molecular weight is 407 g/mol. The first-order valence-electron chi connectivity index (χ1n) is 8.65. The maximum Gasteiger partial charge on any atom is 0.270 e. The smallest absolute Gasteiger partial charge is 0.270 e. The Balaban J connectivity index is 1.89. The minimum absolute atomic E-state index is 0.0719. The Morgan fingerprint density at radius 2 is 1.93 bits per heavy atom. The molecule has 10 heteroatoms. The van der Waals surface area contributed by atoms with Crippen LogP contribution in [0.25, 0.3) is 11.3 Å². The lowest BCUT2D eigenvalue weighted by molar-refractivity contribution is -0.384. The van der Waals surface area contributed by atoms with Gasteiger partial charge in [-0.1, -0.05) is 0 Å². The SMILES string of the molecule is CC(C(=O)Nc1ccc([N+](=O)[O-])cc1C#N)n1nc(-c2ccc(F)cc2)ccc1=O. The second-order valence-electron chi connectivity index (χ2n) is 6.27. The van der Waals surface area contributed by atoms with Crippen molar-refractivity contribution in [3.8, 4) is 17.3 Å². The molecule has 0 fully saturated rings. The van der Waals surface area contributed by atoms with Gasteiger partial charge in [0.15, 0.2) is 0 Å². The van der Waals surface area contributed by atoms with Gasteiger partial charge in [-0.2, -0.15) is 10.4 Å². The largest absolute Gasteiger partial charge is 0.323 e. The van der Waals surface area contributed by atoms with Gasteiger partial charge in [0.1, 0.15) is 17.9 Å². The molecule has 2 aromatic carbocycles. The first-order chi connectivity index (χ1) is 14.3. The van der Waals surface area contributed by atoms with Crippen molar-refractivity contribution in [2.45, 2.75) is 13.0 Å². The number of rotatable bonds is 5. The first-order valence-corrected chi connectivity index (χ1v) is 8.65. The number of carbonyl (C=O) groups is 1. The van der Waals surface area contributed by atoms with E-state index in [-0.39, 0.29) is 16.9 Å². The summed E-state index contributed by atoms with van der Waals surface area (Å²) in [7, 11) is 0. The summed E-state index contributed by atoms with van der Waals surface area (Å²) < 4.78 is 14.1. The highest BCUT2D eigenvalue weighted by atomic mass is 19.1. The van der Waals surface area contributed by atoms with Gasteiger partial charge in [0.05, 0.1) is 21.9 Å². The van der Waals surface area contributed by atoms with E-state index in [9.17, 15) is 29.4 Å². The second-order valence-corrected chi connectivity index (χ2v) is 6.27. The van der Waals surface area contributed by atoms with Gasteiger partial charge in [-0.3, -0.25) is 19.7 Å². The molecular weight excluding hydrogens is 393 g/mol. The quantitative estimate of drug-likeness (QED) is 0.511. The summed E-state index contributed by atoms with van der Waals surface area (Å²) in [6.07, 6.45) is 0. The van der Waals surface area contributed by atoms with Crippen LogP contribution in [0.5, 0.6) is 0 Å². The number of non-ortho nitro benzene ring substituents is 1. The molecule has 150 valence electrons. The minimum atomic E-state index is -1.06. The van der Waals surface area contributed by atoms with Crippen molar-refractivity contribution in [2.24, 2.45) is 0 Å². The van der Waals surface area contributed by atoms with E-state index in [1.807, 2.05) is 0 Å². The zero-order chi connectivity index (χ0) is 21.8. The summed E-state index contributed by atoms with van der Waals surface area (Å²) in [6, 6.07) is 12.4. The van der Waals surface area contributed by atoms with Crippen LogP contribution in [0.1, 0.15) is 18.5 Å². The number of nitrogens with one attached hydrogen (secondary N) is 1. The highest BCUT2D eigenvalue weighted by molar-refractivity contribution is 5.94. The Bertz CT molecular complexity index is 1230. The number of nitro benzene ring substituents is 1. The van der Waals surface area contributed by atoms with Gasteiger partial charge in [-0.05, 0) is 43.3 Å². The molecule has 0 aliphatic rings. The van der Waals surface area contributed by atoms with Gasteiger partial charge in [0.25, 0.3) is 11.2 Å². The third kappa shape index (κ3) is 4.20. The molecule has 0 radical (unpaired) electrons. The van der Waals surface area contributed by atoms with Crippen LogP contribution in [0.15, 0.2) is 59.4 Å². The standard InChI is InChI=1S/C20H14FN5O4/c1-12(20(28)23-17-7-6-16(26(29)30)10-14(17)11-22)25-19(27)9-8-18(24-25)13-2-4-15(21)5-3-13/h2-10,12H,1H3,(H,23,28). The molecule has 1 aromatic heterocycles. The number of nitro groups is 1. The van der Waals surface area contributed by atoms with Crippen LogP contribution in [0.2, 0.25) is 0 Å². The predicted molar refractivity (Wildman–Crippen MR) is 105 cm³/mol. The van der Waals surface area contributed by atoms with Gasteiger partial charge in [-0.15, -0.1) is 0 Å². The topological polar surface area (TPSA) is 131 Å². The molecule has 0 saturated carbocycles. The molecule has 0 saturated heterocycles. The number of halogens is 1. The van der Waals surface area contributed by atoms with E-state index in [4.69, 9.17) is 0 Å². The molecule has 0 bridgehead atoms. The van der Waals surface area contributed by atoms with Crippen LogP contribution in [0.3, 0.4) is 0 Å². The summed E-state index contributed by atoms with van der Waals surface area (Å²) in [4.78, 5) is 35.1. The number of hydrogen-bond acceptors (Lipinski definition) is 6. The molecule has 1 N–H and O–H groups in total. The summed E-state index contributed by atoms with van der Waals surface area (Å²) in [5.41, 5.74) is 0.0743. The van der Waals surface area contributed by atoms with Crippen molar-refractivity contribution >= 4 is 17.3 Å². The van der Waals surface area contributed by atoms with Gasteiger partial charge < -0.3 is 5.32 Å².